The van der Waals surface area contributed by atoms with Gasteiger partial charge in [-0.25, -0.2) is 0 Å². The Morgan fingerprint density at radius 2 is 1.72 bits per heavy atom. The molecule has 4 nitrogen and oxygen atoms in total. The van der Waals surface area contributed by atoms with E-state index >= 15 is 0 Å². The molecule has 0 spiro atoms. The summed E-state index contributed by atoms with van der Waals surface area (Å²) >= 11 is 0. The standard InChI is InChI=1S/C14H20N2O2/c1-10(16(3)4)13(11(2)17)14(18)15-12-8-6-5-7-9-12/h5-10,13H,1-4H3,(H,15,18)/t10-,13-/m1/s1. The number of hydrogen-bond acceptors (Lipinski definition) is 3. The second-order valence-electron chi connectivity index (χ2n) is 4.65. The predicted molar refractivity (Wildman–Crippen MR) is 72.4 cm³/mol. The van der Waals surface area contributed by atoms with E-state index in [0.29, 0.717) is 5.69 Å². The summed E-state index contributed by atoms with van der Waals surface area (Å²) in [5, 5.41) is 2.77. The predicted octanol–water partition coefficient (Wildman–Crippen LogP) is 1.78. The van der Waals surface area contributed by atoms with E-state index in [-0.39, 0.29) is 17.7 Å². The van der Waals surface area contributed by atoms with Crippen molar-refractivity contribution in [2.24, 2.45) is 5.92 Å². The van der Waals surface area contributed by atoms with Gasteiger partial charge in [0.15, 0.2) is 0 Å². The van der Waals surface area contributed by atoms with E-state index in [1.807, 2.05) is 44.1 Å². The molecule has 1 rings (SSSR count). The molecule has 0 unspecified atom stereocenters. The van der Waals surface area contributed by atoms with Crippen LogP contribution in [0.15, 0.2) is 30.3 Å². The van der Waals surface area contributed by atoms with Gasteiger partial charge in [-0.1, -0.05) is 18.2 Å². The Morgan fingerprint density at radius 1 is 1.17 bits per heavy atom. The molecule has 1 N–H and O–H groups in total. The van der Waals surface area contributed by atoms with Crippen molar-refractivity contribution in [3.05, 3.63) is 30.3 Å². The van der Waals surface area contributed by atoms with Gasteiger partial charge in [0.1, 0.15) is 11.7 Å². The summed E-state index contributed by atoms with van der Waals surface area (Å²) in [5.74, 6) is -1.03. The van der Waals surface area contributed by atoms with Gasteiger partial charge < -0.3 is 10.2 Å². The highest BCUT2D eigenvalue weighted by atomic mass is 16.2. The Morgan fingerprint density at radius 3 is 2.17 bits per heavy atom. The molecule has 2 atom stereocenters. The van der Waals surface area contributed by atoms with Crippen LogP contribution in [0.3, 0.4) is 0 Å². The number of carbonyl (C=O) groups excluding carboxylic acids is 2. The molecule has 0 radical (unpaired) electrons. The van der Waals surface area contributed by atoms with E-state index in [0.717, 1.165) is 0 Å². The lowest BCUT2D eigenvalue weighted by molar-refractivity contribution is -0.132. The average molecular weight is 248 g/mol. The molecule has 1 aromatic carbocycles. The highest BCUT2D eigenvalue weighted by Gasteiger charge is 2.30. The Labute approximate surface area is 108 Å². The first-order valence-electron chi connectivity index (χ1n) is 5.96. The van der Waals surface area contributed by atoms with Crippen LogP contribution in [0.1, 0.15) is 13.8 Å². The minimum Gasteiger partial charge on any atom is -0.325 e. The Balaban J connectivity index is 2.81. The lowest BCUT2D eigenvalue weighted by Gasteiger charge is -2.26. The minimum absolute atomic E-state index is 0.121. The highest BCUT2D eigenvalue weighted by molar-refractivity contribution is 6.07. The fourth-order valence-corrected chi connectivity index (χ4v) is 1.78. The normalized spacial score (nSPS) is 14.1. The number of Topliss-reactive ketones (excluding diaryl/α,β-unsaturated/α-hetero) is 1. The molecule has 0 aliphatic heterocycles. The molecule has 0 aliphatic carbocycles. The third-order valence-corrected chi connectivity index (χ3v) is 3.06. The summed E-state index contributed by atoms with van der Waals surface area (Å²) in [6.45, 7) is 3.33. The lowest BCUT2D eigenvalue weighted by atomic mass is 9.95. The van der Waals surface area contributed by atoms with Gasteiger partial charge in [-0.2, -0.15) is 0 Å². The Kier molecular flexibility index (Phi) is 5.04. The molecular weight excluding hydrogens is 228 g/mol. The minimum atomic E-state index is -0.653. The maximum Gasteiger partial charge on any atom is 0.236 e. The molecular formula is C14H20N2O2. The van der Waals surface area contributed by atoms with E-state index < -0.39 is 5.92 Å². The van der Waals surface area contributed by atoms with Crippen molar-refractivity contribution < 1.29 is 9.59 Å². The number of ketones is 1. The van der Waals surface area contributed by atoms with Crippen LogP contribution in [-0.4, -0.2) is 36.7 Å². The number of nitrogens with one attached hydrogen (secondary N) is 1. The zero-order chi connectivity index (χ0) is 13.7. The first-order chi connectivity index (χ1) is 8.43. The average Bonchev–Trinajstić information content (AvgIpc) is 2.29. The highest BCUT2D eigenvalue weighted by Crippen LogP contribution is 2.14. The van der Waals surface area contributed by atoms with Gasteiger partial charge in [-0.15, -0.1) is 0 Å². The maximum absolute atomic E-state index is 12.1. The van der Waals surface area contributed by atoms with Crippen LogP contribution in [0.5, 0.6) is 0 Å². The summed E-state index contributed by atoms with van der Waals surface area (Å²) in [6.07, 6.45) is 0. The summed E-state index contributed by atoms with van der Waals surface area (Å²) in [6, 6.07) is 9.03. The number of amides is 1. The zero-order valence-electron chi connectivity index (χ0n) is 11.3. The van der Waals surface area contributed by atoms with Crippen molar-refractivity contribution in [1.29, 1.82) is 0 Å². The second-order valence-corrected chi connectivity index (χ2v) is 4.65. The van der Waals surface area contributed by atoms with Gasteiger partial charge in [-0.05, 0) is 40.1 Å². The van der Waals surface area contributed by atoms with Crippen molar-refractivity contribution in [3.63, 3.8) is 0 Å². The third-order valence-electron chi connectivity index (χ3n) is 3.06. The van der Waals surface area contributed by atoms with Gasteiger partial charge in [0.05, 0.1) is 0 Å². The van der Waals surface area contributed by atoms with Crippen LogP contribution in [-0.2, 0) is 9.59 Å². The fraction of sp³-hybridized carbons (Fsp3) is 0.429. The first-order valence-corrected chi connectivity index (χ1v) is 5.96. The van der Waals surface area contributed by atoms with Crippen molar-refractivity contribution in [2.75, 3.05) is 19.4 Å². The third kappa shape index (κ3) is 3.67. The molecule has 0 saturated carbocycles. The summed E-state index contributed by atoms with van der Waals surface area (Å²) in [7, 11) is 3.72. The smallest absolute Gasteiger partial charge is 0.236 e. The molecule has 18 heavy (non-hydrogen) atoms. The molecule has 1 aromatic rings. The molecule has 0 heterocycles. The van der Waals surface area contributed by atoms with Crippen molar-refractivity contribution >= 4 is 17.4 Å². The second kappa shape index (κ2) is 6.31. The van der Waals surface area contributed by atoms with Gasteiger partial charge in [-0.3, -0.25) is 9.59 Å². The molecule has 98 valence electrons. The Bertz CT molecular complexity index is 415. The summed E-state index contributed by atoms with van der Waals surface area (Å²) in [5.41, 5.74) is 0.708. The fourth-order valence-electron chi connectivity index (χ4n) is 1.78. The van der Waals surface area contributed by atoms with Crippen LogP contribution in [0.4, 0.5) is 5.69 Å². The van der Waals surface area contributed by atoms with Crippen LogP contribution < -0.4 is 5.32 Å². The van der Waals surface area contributed by atoms with Crippen molar-refractivity contribution in [3.8, 4) is 0 Å². The number of anilines is 1. The van der Waals surface area contributed by atoms with Crippen molar-refractivity contribution in [2.45, 2.75) is 19.9 Å². The number of hydrogen-bond donors (Lipinski definition) is 1. The molecule has 0 fully saturated rings. The number of para-hydroxylation sites is 1. The van der Waals surface area contributed by atoms with Crippen LogP contribution in [0, 0.1) is 5.92 Å². The van der Waals surface area contributed by atoms with E-state index in [2.05, 4.69) is 5.32 Å². The number of nitrogens with zero attached hydrogens (tertiary/aromatic N) is 1. The molecule has 0 aromatic heterocycles. The van der Waals surface area contributed by atoms with Crippen LogP contribution in [0.2, 0.25) is 0 Å². The van der Waals surface area contributed by atoms with Gasteiger partial charge in [0.25, 0.3) is 0 Å². The lowest BCUT2D eigenvalue weighted by Crippen LogP contribution is -2.43. The van der Waals surface area contributed by atoms with Gasteiger partial charge >= 0.3 is 0 Å². The number of rotatable bonds is 5. The monoisotopic (exact) mass is 248 g/mol. The quantitative estimate of drug-likeness (QED) is 0.808. The van der Waals surface area contributed by atoms with Crippen LogP contribution >= 0.6 is 0 Å². The first kappa shape index (κ1) is 14.4. The molecule has 4 heteroatoms. The van der Waals surface area contributed by atoms with Crippen LogP contribution in [0.25, 0.3) is 0 Å². The SMILES string of the molecule is CC(=O)[C@H](C(=O)Nc1ccccc1)[C@@H](C)N(C)C. The topological polar surface area (TPSA) is 49.4 Å². The zero-order valence-corrected chi connectivity index (χ0v) is 11.3. The number of benzene rings is 1. The summed E-state index contributed by atoms with van der Waals surface area (Å²) < 4.78 is 0. The number of carbonyl (C=O) groups is 2. The summed E-state index contributed by atoms with van der Waals surface area (Å²) in [4.78, 5) is 25.6. The maximum atomic E-state index is 12.1. The van der Waals surface area contributed by atoms with Gasteiger partial charge in [0, 0.05) is 11.7 Å². The molecule has 1 amide bonds. The van der Waals surface area contributed by atoms with E-state index in [4.69, 9.17) is 0 Å². The molecule has 0 bridgehead atoms. The van der Waals surface area contributed by atoms with Crippen molar-refractivity contribution in [1.82, 2.24) is 4.90 Å². The van der Waals surface area contributed by atoms with E-state index in [1.54, 1.807) is 12.1 Å². The molecule has 0 aliphatic rings. The van der Waals surface area contributed by atoms with E-state index in [9.17, 15) is 9.59 Å². The van der Waals surface area contributed by atoms with E-state index in [1.165, 1.54) is 6.92 Å². The Hall–Kier alpha value is -1.68. The largest absolute Gasteiger partial charge is 0.325 e. The molecule has 0 saturated heterocycles. The van der Waals surface area contributed by atoms with Gasteiger partial charge in [0.2, 0.25) is 5.91 Å².